The first kappa shape index (κ1) is 18.0. The third-order valence-electron chi connectivity index (χ3n) is 3.78. The monoisotopic (exact) mass is 365 g/mol. The molecule has 0 N–H and O–H groups in total. The van der Waals surface area contributed by atoms with Crippen LogP contribution in [0.5, 0.6) is 0 Å². The van der Waals surface area contributed by atoms with Crippen molar-refractivity contribution in [1.82, 2.24) is 4.57 Å². The van der Waals surface area contributed by atoms with Crippen LogP contribution >= 0.6 is 0 Å². The van der Waals surface area contributed by atoms with Gasteiger partial charge in [0.25, 0.3) is 0 Å². The Kier molecular flexibility index (Phi) is 5.10. The maximum Gasteiger partial charge on any atom is 0.406 e. The van der Waals surface area contributed by atoms with Crippen molar-refractivity contribution in [2.45, 2.75) is 65.1 Å². The number of hydrogen-bond donors (Lipinski definition) is 0. The Bertz CT molecular complexity index is 363. The average molecular weight is 366 g/mol. The Hall–Kier alpha value is 0.668. The normalized spacial score (nSPS) is 32.1. The summed E-state index contributed by atoms with van der Waals surface area (Å²) in [7, 11) is -9.07. The van der Waals surface area contributed by atoms with Crippen molar-refractivity contribution < 1.29 is 16.5 Å². The van der Waals surface area contributed by atoms with E-state index in [0.29, 0.717) is 0 Å². The van der Waals surface area contributed by atoms with Gasteiger partial charge in [0.05, 0.1) is 0 Å². The first-order valence-corrected chi connectivity index (χ1v) is 18.7. The maximum atomic E-state index is 6.63. The molecule has 21 heavy (non-hydrogen) atoms. The second-order valence-electron chi connectivity index (χ2n) is 7.55. The van der Waals surface area contributed by atoms with E-state index >= 15 is 0 Å². The van der Waals surface area contributed by atoms with Crippen molar-refractivity contribution >= 4 is 34.4 Å². The van der Waals surface area contributed by atoms with Crippen LogP contribution in [0.25, 0.3) is 0 Å². The lowest BCUT2D eigenvalue weighted by Crippen LogP contribution is -2.70. The third-order valence-corrected chi connectivity index (χ3v) is 20.2. The van der Waals surface area contributed by atoms with Crippen molar-refractivity contribution in [2.24, 2.45) is 0 Å². The molecule has 2 saturated heterocycles. The highest BCUT2D eigenvalue weighted by Gasteiger charge is 2.55. The van der Waals surface area contributed by atoms with E-state index in [1.165, 1.54) is 19.3 Å². The van der Waals surface area contributed by atoms with Crippen LogP contribution in [0.1, 0.15) is 19.3 Å². The van der Waals surface area contributed by atoms with Gasteiger partial charge in [-0.3, -0.25) is 4.57 Å². The molecule has 2 heterocycles. The van der Waals surface area contributed by atoms with E-state index in [0.717, 1.165) is 13.1 Å². The fourth-order valence-corrected chi connectivity index (χ4v) is 24.7. The van der Waals surface area contributed by atoms with Gasteiger partial charge < -0.3 is 16.5 Å². The van der Waals surface area contributed by atoms with E-state index < -0.39 is 34.4 Å². The molecule has 0 aromatic heterocycles. The predicted molar refractivity (Wildman–Crippen MR) is 93.8 cm³/mol. The summed E-state index contributed by atoms with van der Waals surface area (Å²) in [4.78, 5) is 0. The van der Waals surface area contributed by atoms with Crippen LogP contribution in [0.15, 0.2) is 0 Å². The van der Waals surface area contributed by atoms with Crippen LogP contribution in [0.2, 0.25) is 45.8 Å². The molecule has 2 aliphatic rings. The fraction of sp³-hybridized carbons (Fsp3) is 1.00. The Balaban J connectivity index is 2.27. The van der Waals surface area contributed by atoms with Gasteiger partial charge in [-0.1, -0.05) is 6.42 Å². The largest absolute Gasteiger partial charge is 0.416 e. The minimum Gasteiger partial charge on any atom is -0.416 e. The second kappa shape index (κ2) is 5.95. The molecule has 0 amide bonds. The van der Waals surface area contributed by atoms with E-state index in [1.54, 1.807) is 0 Å². The second-order valence-corrected chi connectivity index (χ2v) is 21.6. The van der Waals surface area contributed by atoms with E-state index in [2.05, 4.69) is 50.4 Å². The zero-order valence-electron chi connectivity index (χ0n) is 14.6. The zero-order chi connectivity index (χ0) is 15.9. The number of piperidine rings is 1. The van der Waals surface area contributed by atoms with Crippen molar-refractivity contribution in [2.75, 3.05) is 13.1 Å². The summed E-state index contributed by atoms with van der Waals surface area (Å²) < 4.78 is 28.5. The summed E-state index contributed by atoms with van der Waals surface area (Å²) in [5.74, 6) is 0. The van der Waals surface area contributed by atoms with Gasteiger partial charge in [0, 0.05) is 0 Å². The zero-order valence-corrected chi connectivity index (χ0v) is 18.6. The number of rotatable bonds is 1. The van der Waals surface area contributed by atoms with Crippen molar-refractivity contribution in [3.05, 3.63) is 0 Å². The molecule has 0 aliphatic carbocycles. The molecule has 0 aromatic rings. The molecule has 5 nitrogen and oxygen atoms in total. The molecule has 0 radical (unpaired) electrons. The van der Waals surface area contributed by atoms with Gasteiger partial charge >= 0.3 is 34.4 Å². The molecule has 2 aliphatic heterocycles. The predicted octanol–water partition coefficient (Wildman–Crippen LogP) is 3.23. The summed E-state index contributed by atoms with van der Waals surface area (Å²) >= 11 is 0. The van der Waals surface area contributed by atoms with E-state index in [9.17, 15) is 0 Å². The summed E-state index contributed by atoms with van der Waals surface area (Å²) in [5, 5.41) is 0. The molecule has 0 unspecified atom stereocenters. The summed E-state index contributed by atoms with van der Waals surface area (Å²) in [6.07, 6.45) is 3.79. The Labute approximate surface area is 134 Å². The van der Waals surface area contributed by atoms with Crippen molar-refractivity contribution in [3.63, 3.8) is 0 Å². The lowest BCUT2D eigenvalue weighted by atomic mass is 10.2. The molecular weight excluding hydrogens is 334 g/mol. The smallest absolute Gasteiger partial charge is 0.406 e. The van der Waals surface area contributed by atoms with Crippen LogP contribution in [-0.2, 0) is 16.5 Å². The minimum atomic E-state index is -2.42. The first-order chi connectivity index (χ1) is 9.43. The van der Waals surface area contributed by atoms with Gasteiger partial charge in [-0.2, -0.15) is 0 Å². The summed E-state index contributed by atoms with van der Waals surface area (Å²) in [6.45, 7) is 17.1. The molecule has 0 spiro atoms. The highest BCUT2D eigenvalue weighted by atomic mass is 28.5. The minimum absolute atomic E-state index is 1.08. The number of hydrogen-bond acceptors (Lipinski definition) is 5. The van der Waals surface area contributed by atoms with Crippen LogP contribution in [0.3, 0.4) is 0 Å². The quantitative estimate of drug-likeness (QED) is 0.667. The Morgan fingerprint density at radius 3 is 1.38 bits per heavy atom. The van der Waals surface area contributed by atoms with E-state index in [4.69, 9.17) is 16.5 Å². The molecule has 124 valence electrons. The third kappa shape index (κ3) is 4.82. The van der Waals surface area contributed by atoms with Gasteiger partial charge in [0.1, 0.15) is 0 Å². The van der Waals surface area contributed by atoms with Gasteiger partial charge in [-0.05, 0) is 71.8 Å². The van der Waals surface area contributed by atoms with Gasteiger partial charge in [-0.15, -0.1) is 0 Å². The van der Waals surface area contributed by atoms with Gasteiger partial charge in [-0.25, -0.2) is 0 Å². The first-order valence-electron chi connectivity index (χ1n) is 7.99. The topological polar surface area (TPSA) is 40.2 Å². The van der Waals surface area contributed by atoms with Crippen LogP contribution in [0, 0.1) is 0 Å². The molecule has 0 aromatic carbocycles. The summed E-state index contributed by atoms with van der Waals surface area (Å²) in [5.41, 5.74) is 0. The molecule has 2 rings (SSSR count). The van der Waals surface area contributed by atoms with Crippen LogP contribution in [0.4, 0.5) is 0 Å². The Morgan fingerprint density at radius 1 is 0.571 bits per heavy atom. The van der Waals surface area contributed by atoms with Crippen LogP contribution < -0.4 is 0 Å². The fourth-order valence-electron chi connectivity index (χ4n) is 3.61. The highest BCUT2D eigenvalue weighted by molar-refractivity contribution is 6.92. The standard InChI is InChI=1S/C12H31NO4Si4/c1-18(2)14-19(3,4)16-21(7,17-20(5,6)15-18)13-11-9-8-10-12-13/h8-12H2,1-7H3. The van der Waals surface area contributed by atoms with E-state index in [1.807, 2.05) is 0 Å². The van der Waals surface area contributed by atoms with Crippen LogP contribution in [-0.4, -0.2) is 52.1 Å². The molecular formula is C12H31NO4Si4. The van der Waals surface area contributed by atoms with E-state index in [-0.39, 0.29) is 0 Å². The van der Waals surface area contributed by atoms with Crippen molar-refractivity contribution in [1.29, 1.82) is 0 Å². The van der Waals surface area contributed by atoms with Gasteiger partial charge in [0.2, 0.25) is 0 Å². The SMILES string of the molecule is C[Si]1(C)O[Si](C)(C)O[Si](C)(N2CCCCC2)O[Si](C)(C)O1. The molecule has 9 heteroatoms. The molecule has 0 bridgehead atoms. The van der Waals surface area contributed by atoms with Crippen molar-refractivity contribution in [3.8, 4) is 0 Å². The lowest BCUT2D eigenvalue weighted by Gasteiger charge is -2.51. The maximum absolute atomic E-state index is 6.63. The molecule has 0 atom stereocenters. The number of nitrogens with zero attached hydrogens (tertiary/aromatic N) is 1. The Morgan fingerprint density at radius 2 is 0.952 bits per heavy atom. The average Bonchev–Trinajstić information content (AvgIpc) is 2.23. The summed E-state index contributed by atoms with van der Waals surface area (Å²) in [6, 6.07) is 0. The highest BCUT2D eigenvalue weighted by Crippen LogP contribution is 2.33. The molecule has 0 saturated carbocycles. The van der Waals surface area contributed by atoms with Gasteiger partial charge in [0.15, 0.2) is 0 Å². The lowest BCUT2D eigenvalue weighted by molar-refractivity contribution is 0.171. The molecule has 2 fully saturated rings.